The second kappa shape index (κ2) is 11.1. The average molecular weight is 569 g/mol. The summed E-state index contributed by atoms with van der Waals surface area (Å²) in [6.07, 6.45) is 1.58. The van der Waals surface area contributed by atoms with Gasteiger partial charge >= 0.3 is 0 Å². The minimum Gasteiger partial charge on any atom is -0.493 e. The molecule has 0 spiro atoms. The Kier molecular flexibility index (Phi) is 8.19. The summed E-state index contributed by atoms with van der Waals surface area (Å²) in [6.45, 7) is 0.234. The number of benzene rings is 3. The molecule has 0 bridgehead atoms. The Morgan fingerprint density at radius 2 is 1.63 bits per heavy atom. The van der Waals surface area contributed by atoms with Gasteiger partial charge in [-0.3, -0.25) is 14.5 Å². The first-order chi connectivity index (χ1) is 16.8. The molecule has 1 fully saturated rings. The van der Waals surface area contributed by atoms with Gasteiger partial charge in [-0.15, -0.1) is 0 Å². The molecule has 5 nitrogen and oxygen atoms in total. The lowest BCUT2D eigenvalue weighted by Crippen LogP contribution is -2.27. The zero-order chi connectivity index (χ0) is 25.1. The number of carbonyl (C=O) groups excluding carboxylic acids is 2. The van der Waals surface area contributed by atoms with Crippen molar-refractivity contribution in [1.29, 1.82) is 0 Å². The number of hydrogen-bond acceptors (Lipinski definition) is 5. The van der Waals surface area contributed by atoms with Gasteiger partial charge in [-0.1, -0.05) is 64.6 Å². The van der Waals surface area contributed by atoms with Gasteiger partial charge in [-0.05, 0) is 65.4 Å². The normalized spacial score (nSPS) is 14.7. The van der Waals surface area contributed by atoms with E-state index in [0.29, 0.717) is 42.7 Å². The van der Waals surface area contributed by atoms with E-state index >= 15 is 0 Å². The lowest BCUT2D eigenvalue weighted by molar-refractivity contribution is -0.123. The largest absolute Gasteiger partial charge is 0.493 e. The molecule has 0 unspecified atom stereocenters. The molecule has 0 atom stereocenters. The number of amides is 2. The van der Waals surface area contributed by atoms with Crippen molar-refractivity contribution in [3.63, 3.8) is 0 Å². The second-order valence-electron chi connectivity index (χ2n) is 7.42. The standard InChI is InChI=1S/C25H17Cl4NO4S/c1-33-21-10-15(9-20(29)23(21)34-13-14-5-7-16(26)8-6-14)11-22-24(31)30(25(32)35-22)12-17-18(27)3-2-4-19(17)28/h2-11H,12-13H2,1H3/b22-11-. The number of methoxy groups -OCH3 is 1. The average Bonchev–Trinajstić information content (AvgIpc) is 3.08. The van der Waals surface area contributed by atoms with E-state index < -0.39 is 11.1 Å². The number of rotatable bonds is 7. The molecular formula is C25H17Cl4NO4S. The van der Waals surface area contributed by atoms with Crippen LogP contribution in [-0.2, 0) is 17.9 Å². The van der Waals surface area contributed by atoms with Crippen LogP contribution >= 0.6 is 58.2 Å². The van der Waals surface area contributed by atoms with Crippen LogP contribution in [0.25, 0.3) is 6.08 Å². The monoisotopic (exact) mass is 567 g/mol. The number of imide groups is 1. The van der Waals surface area contributed by atoms with E-state index in [1.54, 1.807) is 48.5 Å². The van der Waals surface area contributed by atoms with Crippen LogP contribution in [0.5, 0.6) is 11.5 Å². The molecule has 0 saturated carbocycles. The number of hydrogen-bond donors (Lipinski definition) is 0. The summed E-state index contributed by atoms with van der Waals surface area (Å²) in [6, 6.07) is 15.6. The molecule has 0 aromatic heterocycles. The Bertz CT molecular complexity index is 1310. The molecule has 4 rings (SSSR count). The number of ether oxygens (including phenoxy) is 2. The molecule has 1 aliphatic heterocycles. The predicted octanol–water partition coefficient (Wildman–Crippen LogP) is 8.12. The number of thioether (sulfide) groups is 1. The van der Waals surface area contributed by atoms with E-state index in [-0.39, 0.29) is 18.1 Å². The molecule has 3 aromatic rings. The highest BCUT2D eigenvalue weighted by Crippen LogP contribution is 2.40. The molecule has 35 heavy (non-hydrogen) atoms. The molecule has 1 heterocycles. The number of halogens is 4. The quantitative estimate of drug-likeness (QED) is 0.269. The fourth-order valence-corrected chi connectivity index (χ4v) is 5.08. The van der Waals surface area contributed by atoms with E-state index in [9.17, 15) is 9.59 Å². The first-order valence-electron chi connectivity index (χ1n) is 10.2. The third kappa shape index (κ3) is 5.90. The van der Waals surface area contributed by atoms with Gasteiger partial charge < -0.3 is 9.47 Å². The number of carbonyl (C=O) groups is 2. The summed E-state index contributed by atoms with van der Waals surface area (Å²) in [5.74, 6) is 0.302. The molecule has 1 saturated heterocycles. The van der Waals surface area contributed by atoms with Crippen LogP contribution in [0.3, 0.4) is 0 Å². The summed E-state index contributed by atoms with van der Waals surface area (Å²) in [5.41, 5.74) is 1.99. The lowest BCUT2D eigenvalue weighted by atomic mass is 10.1. The highest BCUT2D eigenvalue weighted by Gasteiger charge is 2.35. The molecule has 0 N–H and O–H groups in total. The van der Waals surface area contributed by atoms with Crippen molar-refractivity contribution in [2.24, 2.45) is 0 Å². The van der Waals surface area contributed by atoms with Gasteiger partial charge in [0.25, 0.3) is 11.1 Å². The van der Waals surface area contributed by atoms with Crippen LogP contribution < -0.4 is 9.47 Å². The van der Waals surface area contributed by atoms with Crippen LogP contribution in [0.15, 0.2) is 59.5 Å². The summed E-state index contributed by atoms with van der Waals surface area (Å²) in [5, 5.41) is 1.27. The summed E-state index contributed by atoms with van der Waals surface area (Å²) < 4.78 is 11.3. The van der Waals surface area contributed by atoms with Crippen LogP contribution in [0, 0.1) is 0 Å². The fourth-order valence-electron chi connectivity index (χ4n) is 3.33. The second-order valence-corrected chi connectivity index (χ2v) is 10.1. The molecule has 10 heteroatoms. The molecule has 0 aliphatic carbocycles. The first kappa shape index (κ1) is 25.7. The number of nitrogens with zero attached hydrogens (tertiary/aromatic N) is 1. The van der Waals surface area contributed by atoms with Gasteiger partial charge in [0, 0.05) is 20.6 Å². The Morgan fingerprint density at radius 1 is 0.943 bits per heavy atom. The lowest BCUT2D eigenvalue weighted by Gasteiger charge is -2.15. The Hall–Kier alpha value is -2.35. The van der Waals surface area contributed by atoms with Crippen molar-refractivity contribution in [2.75, 3.05) is 7.11 Å². The third-order valence-corrected chi connectivity index (χ3v) is 7.25. The first-order valence-corrected chi connectivity index (χ1v) is 12.5. The minimum absolute atomic E-state index is 0.0257. The third-order valence-electron chi connectivity index (χ3n) is 5.10. The summed E-state index contributed by atoms with van der Waals surface area (Å²) >= 11 is 25.6. The maximum atomic E-state index is 13.0. The minimum atomic E-state index is -0.450. The van der Waals surface area contributed by atoms with Gasteiger partial charge in [0.15, 0.2) is 11.5 Å². The van der Waals surface area contributed by atoms with Crippen LogP contribution in [0.4, 0.5) is 4.79 Å². The van der Waals surface area contributed by atoms with Crippen molar-refractivity contribution in [2.45, 2.75) is 13.2 Å². The molecule has 180 valence electrons. The smallest absolute Gasteiger partial charge is 0.293 e. The SMILES string of the molecule is COc1cc(/C=C2\SC(=O)N(Cc3c(Cl)cccc3Cl)C2=O)cc(Cl)c1OCc1ccc(Cl)cc1. The van der Waals surface area contributed by atoms with Gasteiger partial charge in [0.1, 0.15) is 6.61 Å². The Morgan fingerprint density at radius 3 is 2.29 bits per heavy atom. The van der Waals surface area contributed by atoms with Crippen molar-refractivity contribution in [1.82, 2.24) is 4.90 Å². The molecule has 3 aromatic carbocycles. The zero-order valence-corrected chi connectivity index (χ0v) is 22.0. The Balaban J connectivity index is 1.54. The summed E-state index contributed by atoms with van der Waals surface area (Å²) in [4.78, 5) is 26.9. The van der Waals surface area contributed by atoms with Gasteiger partial charge in [-0.25, -0.2) is 0 Å². The van der Waals surface area contributed by atoms with E-state index in [4.69, 9.17) is 55.9 Å². The maximum absolute atomic E-state index is 13.0. The van der Waals surface area contributed by atoms with Crippen LogP contribution in [-0.4, -0.2) is 23.2 Å². The fraction of sp³-hybridized carbons (Fsp3) is 0.120. The van der Waals surface area contributed by atoms with Crippen LogP contribution in [0.2, 0.25) is 20.1 Å². The van der Waals surface area contributed by atoms with Crippen molar-refractivity contribution in [3.05, 3.63) is 96.3 Å². The maximum Gasteiger partial charge on any atom is 0.293 e. The molecule has 1 aliphatic rings. The van der Waals surface area contributed by atoms with Crippen LogP contribution in [0.1, 0.15) is 16.7 Å². The van der Waals surface area contributed by atoms with Gasteiger partial charge in [0.2, 0.25) is 0 Å². The zero-order valence-electron chi connectivity index (χ0n) is 18.2. The molecule has 0 radical (unpaired) electrons. The van der Waals surface area contributed by atoms with Gasteiger partial charge in [0.05, 0.1) is 23.6 Å². The van der Waals surface area contributed by atoms with Crippen molar-refractivity contribution >= 4 is 75.4 Å². The topological polar surface area (TPSA) is 55.8 Å². The molecule has 2 amide bonds. The molecular weight excluding hydrogens is 552 g/mol. The van der Waals surface area contributed by atoms with E-state index in [1.165, 1.54) is 7.11 Å². The van der Waals surface area contributed by atoms with E-state index in [1.807, 2.05) is 12.1 Å². The van der Waals surface area contributed by atoms with Crippen molar-refractivity contribution < 1.29 is 19.1 Å². The van der Waals surface area contributed by atoms with Crippen molar-refractivity contribution in [3.8, 4) is 11.5 Å². The summed E-state index contributed by atoms with van der Waals surface area (Å²) in [7, 11) is 1.49. The van der Waals surface area contributed by atoms with E-state index in [0.717, 1.165) is 22.2 Å². The Labute approximate surface area is 226 Å². The van der Waals surface area contributed by atoms with E-state index in [2.05, 4.69) is 0 Å². The predicted molar refractivity (Wildman–Crippen MR) is 142 cm³/mol. The highest BCUT2D eigenvalue weighted by atomic mass is 35.5. The van der Waals surface area contributed by atoms with Gasteiger partial charge in [-0.2, -0.15) is 0 Å². The highest BCUT2D eigenvalue weighted by molar-refractivity contribution is 8.18.